The van der Waals surface area contributed by atoms with Crippen LogP contribution in [0.25, 0.3) is 5.57 Å². The maximum atomic E-state index is 11.7. The third kappa shape index (κ3) is 7.03. The van der Waals surface area contributed by atoms with E-state index in [0.29, 0.717) is 0 Å². The van der Waals surface area contributed by atoms with Gasteiger partial charge in [-0.2, -0.15) is 11.8 Å². The van der Waals surface area contributed by atoms with Crippen LogP contribution in [-0.4, -0.2) is 47.6 Å². The van der Waals surface area contributed by atoms with Crippen LogP contribution in [0.5, 0.6) is 5.75 Å². The minimum absolute atomic E-state index is 0. The maximum absolute atomic E-state index is 11.7. The Bertz CT molecular complexity index is 930. The van der Waals surface area contributed by atoms with Gasteiger partial charge in [-0.25, -0.2) is 0 Å². The van der Waals surface area contributed by atoms with Gasteiger partial charge in [-0.3, -0.25) is 4.79 Å². The van der Waals surface area contributed by atoms with E-state index in [9.17, 15) is 9.90 Å². The van der Waals surface area contributed by atoms with Crippen LogP contribution < -0.4 is 5.32 Å². The van der Waals surface area contributed by atoms with Crippen molar-refractivity contribution in [3.63, 3.8) is 0 Å². The number of amides is 1. The number of hydrogen-bond acceptors (Lipinski definition) is 4. The number of piperidine rings is 1. The topological polar surface area (TPSA) is 52.6 Å². The SMILES string of the molecule is C.C=C.CC(=O)N1CCC(=C2c3ccc(O)c(Br)c3CCC3=CC(Br)=CNC32)CC1.CSC. The number of halogens is 2. The Morgan fingerprint density at radius 2 is 1.76 bits per heavy atom. The minimum Gasteiger partial charge on any atom is -0.507 e. The van der Waals surface area contributed by atoms with Gasteiger partial charge in [0.2, 0.25) is 5.91 Å². The summed E-state index contributed by atoms with van der Waals surface area (Å²) in [5.41, 5.74) is 6.44. The molecule has 33 heavy (non-hydrogen) atoms. The van der Waals surface area contributed by atoms with Gasteiger partial charge in [-0.05, 0) is 104 Å². The van der Waals surface area contributed by atoms with Crippen molar-refractivity contribution in [1.29, 1.82) is 0 Å². The quantitative estimate of drug-likeness (QED) is 0.314. The first-order chi connectivity index (χ1) is 15.4. The number of thioether (sulfide) groups is 1. The molecule has 0 radical (unpaired) electrons. The van der Waals surface area contributed by atoms with Crippen LogP contribution in [0, 0.1) is 0 Å². The number of carbonyl (C=O) groups excluding carboxylic acids is 1. The van der Waals surface area contributed by atoms with E-state index in [-0.39, 0.29) is 25.1 Å². The van der Waals surface area contributed by atoms with E-state index < -0.39 is 0 Å². The summed E-state index contributed by atoms with van der Waals surface area (Å²) < 4.78 is 1.85. The second kappa shape index (κ2) is 14.1. The number of carbonyl (C=O) groups is 1. The summed E-state index contributed by atoms with van der Waals surface area (Å²) in [4.78, 5) is 13.6. The highest BCUT2D eigenvalue weighted by atomic mass is 79.9. The zero-order valence-electron chi connectivity index (χ0n) is 19.0. The van der Waals surface area contributed by atoms with Crippen molar-refractivity contribution >= 4 is 55.1 Å². The minimum atomic E-state index is 0. The highest BCUT2D eigenvalue weighted by Crippen LogP contribution is 2.43. The summed E-state index contributed by atoms with van der Waals surface area (Å²) in [5.74, 6) is 0.437. The summed E-state index contributed by atoms with van der Waals surface area (Å²) >= 11 is 8.94. The van der Waals surface area contributed by atoms with E-state index >= 15 is 0 Å². The molecule has 1 unspecified atom stereocenters. The molecule has 1 amide bonds. The van der Waals surface area contributed by atoms with E-state index in [1.165, 1.54) is 27.8 Å². The van der Waals surface area contributed by atoms with Crippen LogP contribution in [0.2, 0.25) is 0 Å². The molecule has 1 saturated heterocycles. The Morgan fingerprint density at radius 1 is 1.15 bits per heavy atom. The molecule has 0 bridgehead atoms. The molecule has 1 aliphatic carbocycles. The number of fused-ring (bicyclic) bond motifs is 2. The maximum Gasteiger partial charge on any atom is 0.219 e. The smallest absolute Gasteiger partial charge is 0.219 e. The highest BCUT2D eigenvalue weighted by molar-refractivity contribution is 9.12. The Balaban J connectivity index is 0.000000841. The van der Waals surface area contributed by atoms with Gasteiger partial charge in [-0.1, -0.05) is 19.1 Å². The molecule has 4 nitrogen and oxygen atoms in total. The summed E-state index contributed by atoms with van der Waals surface area (Å²) in [5, 5.41) is 13.8. The van der Waals surface area contributed by atoms with Crippen LogP contribution in [0.1, 0.15) is 44.7 Å². The molecule has 2 aliphatic heterocycles. The predicted molar refractivity (Wildman–Crippen MR) is 152 cm³/mol. The average molecular weight is 600 g/mol. The molecular formula is C26H36Br2N2O2S. The molecule has 1 aromatic rings. The van der Waals surface area contributed by atoms with Crippen molar-refractivity contribution in [3.8, 4) is 5.75 Å². The fraction of sp³-hybridized carbons (Fsp3) is 0.423. The van der Waals surface area contributed by atoms with E-state index in [1.54, 1.807) is 24.8 Å². The fourth-order valence-electron chi connectivity index (χ4n) is 4.34. The van der Waals surface area contributed by atoms with E-state index in [2.05, 4.69) is 56.4 Å². The molecule has 4 rings (SSSR count). The first kappa shape index (κ1) is 29.6. The van der Waals surface area contributed by atoms with E-state index in [1.807, 2.05) is 29.7 Å². The van der Waals surface area contributed by atoms with E-state index in [4.69, 9.17) is 0 Å². The van der Waals surface area contributed by atoms with Gasteiger partial charge in [0.15, 0.2) is 0 Å². The van der Waals surface area contributed by atoms with Gasteiger partial charge < -0.3 is 15.3 Å². The Labute approximate surface area is 220 Å². The number of phenols is 1. The number of nitrogens with one attached hydrogen (secondary N) is 1. The Hall–Kier alpha value is -1.44. The normalized spacial score (nSPS) is 18.8. The first-order valence-corrected chi connectivity index (χ1v) is 13.8. The number of rotatable bonds is 0. The molecule has 3 aliphatic rings. The molecule has 182 valence electrons. The zero-order valence-corrected chi connectivity index (χ0v) is 23.0. The fourth-order valence-corrected chi connectivity index (χ4v) is 5.31. The van der Waals surface area contributed by atoms with Crippen molar-refractivity contribution in [2.45, 2.75) is 46.1 Å². The molecule has 2 N–H and O–H groups in total. The molecule has 7 heteroatoms. The second-order valence-corrected chi connectivity index (χ2v) is 10.2. The van der Waals surface area contributed by atoms with Gasteiger partial charge in [-0.15, -0.1) is 13.2 Å². The van der Waals surface area contributed by atoms with E-state index in [0.717, 1.165) is 47.7 Å². The van der Waals surface area contributed by atoms with Gasteiger partial charge in [0.1, 0.15) is 5.75 Å². The van der Waals surface area contributed by atoms with Crippen molar-refractivity contribution in [3.05, 3.63) is 68.8 Å². The lowest BCUT2D eigenvalue weighted by atomic mass is 9.85. The monoisotopic (exact) mass is 598 g/mol. The third-order valence-electron chi connectivity index (χ3n) is 5.74. The molecule has 2 heterocycles. The number of nitrogens with zero attached hydrogens (tertiary/aromatic N) is 1. The summed E-state index contributed by atoms with van der Waals surface area (Å²) in [7, 11) is 0. The molecule has 1 aromatic carbocycles. The molecule has 0 aromatic heterocycles. The number of aromatic hydroxyl groups is 1. The van der Waals surface area contributed by atoms with Crippen LogP contribution in [0.15, 0.2) is 57.7 Å². The zero-order chi connectivity index (χ0) is 23.8. The van der Waals surface area contributed by atoms with Crippen molar-refractivity contribution in [2.24, 2.45) is 0 Å². The number of hydrogen-bond donors (Lipinski definition) is 2. The average Bonchev–Trinajstić information content (AvgIpc) is 2.95. The van der Waals surface area contributed by atoms with Crippen molar-refractivity contribution in [2.75, 3.05) is 25.6 Å². The van der Waals surface area contributed by atoms with Crippen molar-refractivity contribution < 1.29 is 9.90 Å². The number of dihydropyridines is 1. The second-order valence-electron chi connectivity index (χ2n) is 7.70. The number of phenolic OH excluding ortho intramolecular Hbond substituents is 1. The first-order valence-electron chi connectivity index (χ1n) is 10.6. The number of benzene rings is 1. The van der Waals surface area contributed by atoms with Crippen LogP contribution >= 0.6 is 43.6 Å². The Kier molecular flexibility index (Phi) is 12.6. The molecular weight excluding hydrogens is 564 g/mol. The van der Waals surface area contributed by atoms with Crippen molar-refractivity contribution in [1.82, 2.24) is 10.2 Å². The standard InChI is InChI=1S/C21H22Br2N2O2.C2H6S.C2H4.CH4/c1-12(26)25-8-6-13(7-9-25)19-16-4-5-18(27)20(23)17(16)3-2-14-10-15(22)11-24-21(14)19;1-3-2;1-2;/h4-5,10-11,21,24,27H,2-3,6-9H2,1H3;1-2H3;1-2H2;1H4. The molecule has 0 saturated carbocycles. The largest absolute Gasteiger partial charge is 0.507 e. The molecule has 1 atom stereocenters. The number of likely N-dealkylation sites (tertiary alicyclic amines) is 1. The lowest BCUT2D eigenvalue weighted by Crippen LogP contribution is -2.36. The number of allylic oxidation sites excluding steroid dienone is 2. The third-order valence-corrected chi connectivity index (χ3v) is 7.08. The predicted octanol–water partition coefficient (Wildman–Crippen LogP) is 7.05. The van der Waals surface area contributed by atoms with Crippen LogP contribution in [-0.2, 0) is 11.2 Å². The summed E-state index contributed by atoms with van der Waals surface area (Å²) in [6, 6.07) is 3.97. The summed E-state index contributed by atoms with van der Waals surface area (Å²) in [6.45, 7) is 9.19. The highest BCUT2D eigenvalue weighted by Gasteiger charge is 2.32. The van der Waals surface area contributed by atoms with Gasteiger partial charge in [0, 0.05) is 30.7 Å². The van der Waals surface area contributed by atoms with Gasteiger partial charge in [0.25, 0.3) is 0 Å². The molecule has 1 fully saturated rings. The Morgan fingerprint density at radius 3 is 2.33 bits per heavy atom. The lowest BCUT2D eigenvalue weighted by Gasteiger charge is -2.33. The molecule has 0 spiro atoms. The van der Waals surface area contributed by atoms with Gasteiger partial charge in [0.05, 0.1) is 10.5 Å². The van der Waals surface area contributed by atoms with Gasteiger partial charge >= 0.3 is 0 Å². The van der Waals surface area contributed by atoms with Crippen LogP contribution in [0.3, 0.4) is 0 Å². The lowest BCUT2D eigenvalue weighted by molar-refractivity contribution is -0.129. The summed E-state index contributed by atoms with van der Waals surface area (Å²) in [6.07, 6.45) is 11.9. The van der Waals surface area contributed by atoms with Crippen LogP contribution in [0.4, 0.5) is 0 Å².